The lowest BCUT2D eigenvalue weighted by Gasteiger charge is -2.23. The number of nitrogens with zero attached hydrogens (tertiary/aromatic N) is 2. The molecule has 0 aliphatic rings. The van der Waals surface area contributed by atoms with E-state index in [9.17, 15) is 33.0 Å². The number of carbonyl (C=O) groups is 1. The van der Waals surface area contributed by atoms with Crippen LogP contribution in [0.25, 0.3) is 0 Å². The fourth-order valence-corrected chi connectivity index (χ4v) is 2.99. The molecule has 2 N–H and O–H groups in total. The molecule has 0 heterocycles. The van der Waals surface area contributed by atoms with Crippen LogP contribution in [0.15, 0.2) is 53.4 Å². The van der Waals surface area contributed by atoms with Gasteiger partial charge in [0.05, 0.1) is 50.5 Å². The van der Waals surface area contributed by atoms with Crippen molar-refractivity contribution in [1.29, 1.82) is 0 Å². The number of nitro groups is 1. The Morgan fingerprint density at radius 1 is 1.08 bits per heavy atom. The zero-order valence-electron chi connectivity index (χ0n) is 20.7. The third-order valence-corrected chi connectivity index (χ3v) is 5.29. The Morgan fingerprint density at radius 2 is 1.67 bits per heavy atom. The summed E-state index contributed by atoms with van der Waals surface area (Å²) in [7, 11) is 1.65. The number of benzene rings is 2. The summed E-state index contributed by atoms with van der Waals surface area (Å²) in [5.41, 5.74) is 0.478. The molecule has 0 unspecified atom stereocenters. The molecule has 0 saturated carbocycles. The lowest BCUT2D eigenvalue weighted by atomic mass is 10.2. The summed E-state index contributed by atoms with van der Waals surface area (Å²) in [5, 5.41) is 22.6. The van der Waals surface area contributed by atoms with Crippen molar-refractivity contribution in [3.63, 3.8) is 0 Å². The molecule has 0 spiro atoms. The third kappa shape index (κ3) is 13.1. The lowest BCUT2D eigenvalue weighted by molar-refractivity contribution is -0.869. The fraction of sp³-hybridized carbons (Fsp3) is 0.435. The quantitative estimate of drug-likeness (QED) is 0.181. The van der Waals surface area contributed by atoms with Crippen LogP contribution in [0, 0.1) is 10.1 Å². The first-order valence-electron chi connectivity index (χ1n) is 11.0. The predicted molar refractivity (Wildman–Crippen MR) is 132 cm³/mol. The zero-order valence-corrected chi connectivity index (χ0v) is 21.6. The second-order valence-electron chi connectivity index (χ2n) is 8.67. The molecule has 0 aliphatic heterocycles. The van der Waals surface area contributed by atoms with E-state index in [0.717, 1.165) is 41.0 Å². The number of hydrogen-bond acceptors (Lipinski definition) is 9. The second kappa shape index (κ2) is 14.5. The first-order valence-corrected chi connectivity index (χ1v) is 12.4. The van der Waals surface area contributed by atoms with Crippen molar-refractivity contribution in [2.75, 3.05) is 52.8 Å². The van der Waals surface area contributed by atoms with E-state index in [1.165, 1.54) is 0 Å². The molecule has 1 atom stereocenters. The van der Waals surface area contributed by atoms with Crippen LogP contribution in [0.5, 0.6) is 5.75 Å². The summed E-state index contributed by atoms with van der Waals surface area (Å²) in [6.07, 6.45) is -0.171. The molecule has 12 nitrogen and oxygen atoms in total. The molecule has 13 heteroatoms. The largest absolute Gasteiger partial charge is 0.744 e. The van der Waals surface area contributed by atoms with E-state index in [2.05, 4.69) is 26.5 Å². The Bertz CT molecular complexity index is 1070. The maximum Gasteiger partial charge on any atom is 0.269 e. The van der Waals surface area contributed by atoms with Gasteiger partial charge >= 0.3 is 0 Å². The van der Waals surface area contributed by atoms with Crippen molar-refractivity contribution in [2.24, 2.45) is 0 Å². The molecule has 0 aliphatic carbocycles. The van der Waals surface area contributed by atoms with Gasteiger partial charge in [-0.25, -0.2) is 8.42 Å². The third-order valence-electron chi connectivity index (χ3n) is 4.44. The Balaban J connectivity index is 0.000000420. The molecule has 36 heavy (non-hydrogen) atoms. The Morgan fingerprint density at radius 3 is 2.14 bits per heavy atom. The monoisotopic (exact) mass is 527 g/mol. The van der Waals surface area contributed by atoms with E-state index >= 15 is 0 Å². The van der Waals surface area contributed by atoms with Crippen LogP contribution in [0.2, 0.25) is 0 Å². The highest BCUT2D eigenvalue weighted by Gasteiger charge is 2.11. The Labute approximate surface area is 210 Å². The van der Waals surface area contributed by atoms with Gasteiger partial charge in [0.25, 0.3) is 5.69 Å². The first kappa shape index (κ1) is 30.9. The number of ether oxygens (including phenoxy) is 2. The number of nitro benzene ring substituents is 1. The van der Waals surface area contributed by atoms with Gasteiger partial charge in [0.2, 0.25) is 5.91 Å². The molecule has 200 valence electrons. The number of carbonyl (C=O) groups excluding carboxylic acids is 1. The summed E-state index contributed by atoms with van der Waals surface area (Å²) < 4.78 is 42.5. The van der Waals surface area contributed by atoms with Crippen LogP contribution in [0.3, 0.4) is 0 Å². The molecular weight excluding hydrogens is 494 g/mol. The normalized spacial score (nSPS) is 12.2. The van der Waals surface area contributed by atoms with Crippen LogP contribution < -0.4 is 10.1 Å². The molecule has 2 rings (SSSR count). The van der Waals surface area contributed by atoms with Crippen LogP contribution in [-0.4, -0.2) is 87.0 Å². The van der Waals surface area contributed by atoms with E-state index in [0.29, 0.717) is 18.8 Å². The molecule has 0 fully saturated rings. The molecule has 2 aromatic carbocycles. The van der Waals surface area contributed by atoms with Crippen LogP contribution in [-0.2, 0) is 19.6 Å². The number of aliphatic hydroxyl groups is 1. The summed E-state index contributed by atoms with van der Waals surface area (Å²) >= 11 is 0. The van der Waals surface area contributed by atoms with Crippen LogP contribution in [0.4, 0.5) is 11.4 Å². The van der Waals surface area contributed by atoms with Crippen molar-refractivity contribution < 1.29 is 41.8 Å². The molecule has 0 aromatic heterocycles. The fourth-order valence-electron chi connectivity index (χ4n) is 2.52. The zero-order chi connectivity index (χ0) is 27.4. The van der Waals surface area contributed by atoms with Crippen LogP contribution in [0.1, 0.15) is 13.3 Å². The highest BCUT2D eigenvalue weighted by molar-refractivity contribution is 7.85. The smallest absolute Gasteiger partial charge is 0.269 e. The van der Waals surface area contributed by atoms with Crippen molar-refractivity contribution in [2.45, 2.75) is 24.3 Å². The number of non-ortho nitro benzene ring substituents is 1. The minimum Gasteiger partial charge on any atom is -0.744 e. The molecule has 0 radical (unpaired) electrons. The Hall–Kier alpha value is -3.10. The van der Waals surface area contributed by atoms with Crippen molar-refractivity contribution in [3.8, 4) is 5.75 Å². The number of aliphatic hydroxyl groups excluding tert-OH is 1. The van der Waals surface area contributed by atoms with Gasteiger partial charge in [0, 0.05) is 24.4 Å². The van der Waals surface area contributed by atoms with Gasteiger partial charge in [-0.15, -0.1) is 0 Å². The van der Waals surface area contributed by atoms with E-state index in [4.69, 9.17) is 9.47 Å². The van der Waals surface area contributed by atoms with Gasteiger partial charge in [-0.3, -0.25) is 14.9 Å². The summed E-state index contributed by atoms with van der Waals surface area (Å²) in [6.45, 7) is 3.66. The minimum atomic E-state index is -4.52. The van der Waals surface area contributed by atoms with Gasteiger partial charge in [-0.1, -0.05) is 0 Å². The van der Waals surface area contributed by atoms with Gasteiger partial charge in [0.15, 0.2) is 0 Å². The lowest BCUT2D eigenvalue weighted by Crippen LogP contribution is -2.37. The van der Waals surface area contributed by atoms with Gasteiger partial charge in [-0.2, -0.15) is 0 Å². The molecule has 2 aromatic rings. The SMILES string of the molecule is CCOC[C@H](O)COc1ccc(NC(=O)CC[N+](C)(C)C)cc1.O=[N+]([O-])c1ccc(S(=O)(=O)[O-])cc1. The molecule has 0 bridgehead atoms. The average molecular weight is 528 g/mol. The van der Waals surface area contributed by atoms with E-state index in [1.54, 1.807) is 24.3 Å². The van der Waals surface area contributed by atoms with Gasteiger partial charge in [-0.05, 0) is 43.3 Å². The highest BCUT2D eigenvalue weighted by atomic mass is 32.2. The van der Waals surface area contributed by atoms with Crippen molar-refractivity contribution in [1.82, 2.24) is 0 Å². The van der Waals surface area contributed by atoms with Gasteiger partial charge in [0.1, 0.15) is 28.6 Å². The summed E-state index contributed by atoms with van der Waals surface area (Å²) in [6, 6.07) is 10.8. The maximum atomic E-state index is 11.9. The standard InChI is InChI=1S/C17H28N2O4.C6H5NO5S/c1-5-22-12-15(20)13-23-16-8-6-14(7-9-16)18-17(21)10-11-19(2,3)4;8-7(9)5-1-3-6(4-2-5)13(10,11)12/h6-9,15,20H,5,10-13H2,1-4H3;1-4H,(H,10,11,12)/t15-;/m0./s1. The predicted octanol–water partition coefficient (Wildman–Crippen LogP) is 2.00. The number of rotatable bonds is 12. The van der Waals surface area contributed by atoms with Gasteiger partial charge < -0.3 is 28.9 Å². The topological polar surface area (TPSA) is 168 Å². The Kier molecular flexibility index (Phi) is 12.4. The number of quaternary nitrogens is 1. The number of hydrogen-bond donors (Lipinski definition) is 2. The maximum absolute atomic E-state index is 11.9. The summed E-state index contributed by atoms with van der Waals surface area (Å²) in [4.78, 5) is 20.8. The average Bonchev–Trinajstić information content (AvgIpc) is 2.80. The number of amides is 1. The van der Waals surface area contributed by atoms with Crippen molar-refractivity contribution >= 4 is 27.4 Å². The van der Waals surface area contributed by atoms with E-state index in [1.807, 2.05) is 6.92 Å². The van der Waals surface area contributed by atoms with Crippen LogP contribution >= 0.6 is 0 Å². The molecular formula is C23H33N3O9S. The number of anilines is 1. The molecule has 0 saturated heterocycles. The van der Waals surface area contributed by atoms with Crippen molar-refractivity contribution in [3.05, 3.63) is 58.6 Å². The molecule has 1 amide bonds. The minimum absolute atomic E-state index is 0.00106. The highest BCUT2D eigenvalue weighted by Crippen LogP contribution is 2.17. The van der Waals surface area contributed by atoms with E-state index in [-0.39, 0.29) is 24.8 Å². The summed E-state index contributed by atoms with van der Waals surface area (Å²) in [5.74, 6) is 0.642. The van der Waals surface area contributed by atoms with E-state index < -0.39 is 26.0 Å². The second-order valence-corrected chi connectivity index (χ2v) is 10.0. The number of nitrogens with one attached hydrogen (secondary N) is 1. The first-order chi connectivity index (χ1) is 16.7.